The van der Waals surface area contributed by atoms with E-state index < -0.39 is 0 Å². The molecule has 2 aliphatic rings. The quantitative estimate of drug-likeness (QED) is 0.222. The molecule has 1 heterocycles. The summed E-state index contributed by atoms with van der Waals surface area (Å²) in [6.07, 6.45) is 4.86. The van der Waals surface area contributed by atoms with Crippen LogP contribution in [0.4, 0.5) is 0 Å². The average molecular weight is 606 g/mol. The van der Waals surface area contributed by atoms with Crippen LogP contribution in [0, 0.1) is 5.41 Å². The van der Waals surface area contributed by atoms with Crippen molar-refractivity contribution in [2.24, 2.45) is 5.41 Å². The first kappa shape index (κ1) is 36.2. The standard InChI is InChI=1S/C35H63N3O5/c1-32(2,3)23-39-15-16-41-29-20-28(40-14-13-37-33(4,5)6)30(29)27-17-24(22-42-35(10,11)12)21-36-31(27)43-26-18-25(19-26)38-34(7,8)9/h17,21,25-26,28-30,37-38H,13-16,18-20,22-23H2,1-12H3/t25?,26?,28-,29-,30?/m0/s1. The molecule has 3 rings (SSSR count). The Morgan fingerprint density at radius 2 is 1.47 bits per heavy atom. The first-order valence-electron chi connectivity index (χ1n) is 16.4. The molecule has 8 heteroatoms. The Balaban J connectivity index is 1.76. The molecule has 0 aliphatic heterocycles. The minimum absolute atomic E-state index is 0.0124. The number of nitrogens with zero attached hydrogens (tertiary/aromatic N) is 1. The zero-order chi connectivity index (χ0) is 32.1. The number of ether oxygens (including phenoxy) is 5. The number of nitrogens with one attached hydrogen (secondary N) is 2. The summed E-state index contributed by atoms with van der Waals surface area (Å²) in [7, 11) is 0. The predicted molar refractivity (Wildman–Crippen MR) is 174 cm³/mol. The van der Waals surface area contributed by atoms with Gasteiger partial charge in [0.2, 0.25) is 5.88 Å². The van der Waals surface area contributed by atoms with Crippen LogP contribution >= 0.6 is 0 Å². The van der Waals surface area contributed by atoms with Crippen molar-refractivity contribution in [1.82, 2.24) is 15.6 Å². The van der Waals surface area contributed by atoms with Crippen LogP contribution in [0.15, 0.2) is 12.3 Å². The Kier molecular flexibility index (Phi) is 12.5. The summed E-state index contributed by atoms with van der Waals surface area (Å²) in [5.74, 6) is 0.723. The lowest BCUT2D eigenvalue weighted by Crippen LogP contribution is -2.53. The summed E-state index contributed by atoms with van der Waals surface area (Å²) in [4.78, 5) is 4.87. The Morgan fingerprint density at radius 1 is 0.814 bits per heavy atom. The molecule has 3 atom stereocenters. The first-order valence-corrected chi connectivity index (χ1v) is 16.4. The summed E-state index contributed by atoms with van der Waals surface area (Å²) in [6, 6.07) is 2.67. The first-order chi connectivity index (χ1) is 19.8. The number of hydrogen-bond acceptors (Lipinski definition) is 8. The predicted octanol–water partition coefficient (Wildman–Crippen LogP) is 6.40. The highest BCUT2D eigenvalue weighted by Crippen LogP contribution is 2.45. The SMILES string of the molecule is CC(C)(C)COCCO[C@H]1C[C@H](OCCNC(C)(C)C)C1c1cc(COC(C)(C)C)cnc1OC1CC(NC(C)(C)C)C1. The van der Waals surface area contributed by atoms with Gasteiger partial charge in [-0.3, -0.25) is 0 Å². The van der Waals surface area contributed by atoms with Gasteiger partial charge in [-0.15, -0.1) is 0 Å². The van der Waals surface area contributed by atoms with Crippen LogP contribution in [0.1, 0.15) is 119 Å². The monoisotopic (exact) mass is 605 g/mol. The van der Waals surface area contributed by atoms with Crippen molar-refractivity contribution in [2.75, 3.05) is 33.0 Å². The van der Waals surface area contributed by atoms with Gasteiger partial charge in [-0.25, -0.2) is 4.98 Å². The fraction of sp³-hybridized carbons (Fsp3) is 0.857. The van der Waals surface area contributed by atoms with Gasteiger partial charge in [0, 0.05) is 47.8 Å². The van der Waals surface area contributed by atoms with Crippen LogP contribution in [0.2, 0.25) is 0 Å². The van der Waals surface area contributed by atoms with Gasteiger partial charge in [-0.2, -0.15) is 0 Å². The second kappa shape index (κ2) is 14.9. The lowest BCUT2D eigenvalue weighted by molar-refractivity contribution is -0.130. The van der Waals surface area contributed by atoms with Crippen molar-refractivity contribution in [1.29, 1.82) is 0 Å². The Morgan fingerprint density at radius 3 is 2.05 bits per heavy atom. The number of pyridine rings is 1. The average Bonchev–Trinajstić information content (AvgIpc) is 2.80. The van der Waals surface area contributed by atoms with Gasteiger partial charge in [0.1, 0.15) is 6.10 Å². The van der Waals surface area contributed by atoms with Gasteiger partial charge >= 0.3 is 0 Å². The van der Waals surface area contributed by atoms with Gasteiger partial charge in [-0.05, 0) is 92.2 Å². The van der Waals surface area contributed by atoms with Crippen molar-refractivity contribution < 1.29 is 23.7 Å². The zero-order valence-electron chi connectivity index (χ0n) is 29.4. The largest absolute Gasteiger partial charge is 0.474 e. The maximum absolute atomic E-state index is 6.59. The molecule has 0 aromatic carbocycles. The summed E-state index contributed by atoms with van der Waals surface area (Å²) < 4.78 is 31.5. The minimum Gasteiger partial charge on any atom is -0.474 e. The molecular formula is C35H63N3O5. The fourth-order valence-corrected chi connectivity index (χ4v) is 5.36. The van der Waals surface area contributed by atoms with Crippen molar-refractivity contribution in [3.05, 3.63) is 23.4 Å². The van der Waals surface area contributed by atoms with Crippen LogP contribution in [0.3, 0.4) is 0 Å². The van der Waals surface area contributed by atoms with Gasteiger partial charge in [0.05, 0.1) is 50.8 Å². The van der Waals surface area contributed by atoms with Crippen LogP contribution in [-0.2, 0) is 25.6 Å². The lowest BCUT2D eigenvalue weighted by atomic mass is 9.73. The van der Waals surface area contributed by atoms with Crippen molar-refractivity contribution in [3.63, 3.8) is 0 Å². The third kappa shape index (κ3) is 13.3. The highest BCUT2D eigenvalue weighted by atomic mass is 16.5. The second-order valence-corrected chi connectivity index (χ2v) is 16.8. The molecule has 0 saturated heterocycles. The van der Waals surface area contributed by atoms with Crippen LogP contribution < -0.4 is 15.4 Å². The fourth-order valence-electron chi connectivity index (χ4n) is 5.36. The number of aromatic nitrogens is 1. The third-order valence-electron chi connectivity index (χ3n) is 7.43. The van der Waals surface area contributed by atoms with Gasteiger partial charge in [0.25, 0.3) is 0 Å². The molecule has 0 spiro atoms. The Bertz CT molecular complexity index is 983. The molecule has 1 aromatic rings. The van der Waals surface area contributed by atoms with E-state index in [1.54, 1.807) is 0 Å². The molecule has 2 aliphatic carbocycles. The molecule has 0 bridgehead atoms. The van der Waals surface area contributed by atoms with E-state index in [-0.39, 0.29) is 46.3 Å². The molecule has 2 N–H and O–H groups in total. The van der Waals surface area contributed by atoms with Crippen LogP contribution in [0.25, 0.3) is 0 Å². The Labute approximate surface area is 262 Å². The van der Waals surface area contributed by atoms with Crippen molar-refractivity contribution in [2.45, 2.75) is 156 Å². The molecule has 248 valence electrons. The van der Waals surface area contributed by atoms with E-state index in [4.69, 9.17) is 28.7 Å². The van der Waals surface area contributed by atoms with Crippen molar-refractivity contribution in [3.8, 4) is 5.88 Å². The van der Waals surface area contributed by atoms with Crippen LogP contribution in [0.5, 0.6) is 5.88 Å². The highest BCUT2D eigenvalue weighted by molar-refractivity contribution is 5.37. The Hall–Kier alpha value is -1.29. The molecule has 0 radical (unpaired) electrons. The zero-order valence-corrected chi connectivity index (χ0v) is 29.4. The maximum atomic E-state index is 6.59. The van der Waals surface area contributed by atoms with Crippen LogP contribution in [-0.4, -0.2) is 79.0 Å². The maximum Gasteiger partial charge on any atom is 0.217 e. The van der Waals surface area contributed by atoms with Gasteiger partial charge < -0.3 is 34.3 Å². The van der Waals surface area contributed by atoms with E-state index >= 15 is 0 Å². The van der Waals surface area contributed by atoms with E-state index in [0.717, 1.165) is 36.9 Å². The van der Waals surface area contributed by atoms with Gasteiger partial charge in [0.15, 0.2) is 0 Å². The smallest absolute Gasteiger partial charge is 0.217 e. The molecule has 43 heavy (non-hydrogen) atoms. The van der Waals surface area contributed by atoms with Gasteiger partial charge in [-0.1, -0.05) is 20.8 Å². The number of hydrogen-bond donors (Lipinski definition) is 2. The molecule has 1 aromatic heterocycles. The summed E-state index contributed by atoms with van der Waals surface area (Å²) in [5.41, 5.74) is 2.13. The second-order valence-electron chi connectivity index (χ2n) is 16.8. The summed E-state index contributed by atoms with van der Waals surface area (Å²) >= 11 is 0. The van der Waals surface area contributed by atoms with E-state index in [2.05, 4.69) is 99.8 Å². The third-order valence-corrected chi connectivity index (χ3v) is 7.43. The highest BCUT2D eigenvalue weighted by Gasteiger charge is 2.46. The molecule has 2 fully saturated rings. The molecular weight excluding hydrogens is 542 g/mol. The lowest BCUT2D eigenvalue weighted by Gasteiger charge is -2.45. The van der Waals surface area contributed by atoms with E-state index in [1.165, 1.54) is 0 Å². The molecule has 8 nitrogen and oxygen atoms in total. The molecule has 2 saturated carbocycles. The normalized spacial score (nSPS) is 24.9. The molecule has 1 unspecified atom stereocenters. The van der Waals surface area contributed by atoms with E-state index in [0.29, 0.717) is 45.0 Å². The number of rotatable bonds is 15. The van der Waals surface area contributed by atoms with Crippen molar-refractivity contribution >= 4 is 0 Å². The minimum atomic E-state index is -0.239. The molecule has 0 amide bonds. The van der Waals surface area contributed by atoms with E-state index in [1.807, 2.05) is 6.20 Å². The van der Waals surface area contributed by atoms with E-state index in [9.17, 15) is 0 Å². The topological polar surface area (TPSA) is 83.1 Å². The summed E-state index contributed by atoms with van der Waals surface area (Å²) in [6.45, 7) is 29.7. The summed E-state index contributed by atoms with van der Waals surface area (Å²) in [5, 5.41) is 7.22.